The Balaban J connectivity index is 1.74. The summed E-state index contributed by atoms with van der Waals surface area (Å²) in [5.74, 6) is -0.0247. The number of nitrogens with one attached hydrogen (secondary N) is 1. The van der Waals surface area contributed by atoms with E-state index < -0.39 is 0 Å². The van der Waals surface area contributed by atoms with Gasteiger partial charge in [0.2, 0.25) is 0 Å². The van der Waals surface area contributed by atoms with Crippen LogP contribution in [0.4, 0.5) is 4.79 Å². The van der Waals surface area contributed by atoms with Crippen LogP contribution in [-0.4, -0.2) is 59.6 Å². The highest BCUT2D eigenvalue weighted by Gasteiger charge is 2.27. The third-order valence-electron chi connectivity index (χ3n) is 4.33. The molecule has 6 nitrogen and oxygen atoms in total. The number of halogens is 1. The number of hydrogen-bond acceptors (Lipinski definition) is 3. The van der Waals surface area contributed by atoms with E-state index in [2.05, 4.69) is 20.9 Å². The van der Waals surface area contributed by atoms with Crippen molar-refractivity contribution in [1.29, 1.82) is 0 Å². The molecule has 1 fully saturated rings. The van der Waals surface area contributed by atoms with Gasteiger partial charge in [-0.3, -0.25) is 4.79 Å². The fourth-order valence-electron chi connectivity index (χ4n) is 2.98. The topological polar surface area (TPSA) is 65.6 Å². The molecule has 2 amide bonds. The lowest BCUT2D eigenvalue weighted by Gasteiger charge is -2.33. The normalized spacial score (nSPS) is 15.0. The summed E-state index contributed by atoms with van der Waals surface area (Å²) in [6.07, 6.45) is -0.309. The number of H-pyrrole nitrogens is 1. The van der Waals surface area contributed by atoms with E-state index in [1.54, 1.807) is 16.7 Å². The smallest absolute Gasteiger partial charge is 0.409 e. The minimum atomic E-state index is -0.309. The summed E-state index contributed by atoms with van der Waals surface area (Å²) in [5.41, 5.74) is 2.51. The number of aromatic nitrogens is 1. The number of hydrogen-bond donors (Lipinski definition) is 1. The van der Waals surface area contributed by atoms with Crippen LogP contribution in [0.15, 0.2) is 22.7 Å². The van der Waals surface area contributed by atoms with E-state index in [1.165, 1.54) is 0 Å². The van der Waals surface area contributed by atoms with Crippen molar-refractivity contribution in [1.82, 2.24) is 14.8 Å². The lowest BCUT2D eigenvalue weighted by molar-refractivity contribution is 0.0566. The molecule has 1 saturated heterocycles. The van der Waals surface area contributed by atoms with Crippen molar-refractivity contribution in [3.05, 3.63) is 33.9 Å². The molecule has 3 rings (SSSR count). The third-order valence-corrected chi connectivity index (χ3v) is 4.82. The van der Waals surface area contributed by atoms with Gasteiger partial charge in [0.05, 0.1) is 6.61 Å². The Hall–Kier alpha value is -2.02. The largest absolute Gasteiger partial charge is 0.450 e. The van der Waals surface area contributed by atoms with Crippen LogP contribution in [-0.2, 0) is 4.74 Å². The molecule has 24 heavy (non-hydrogen) atoms. The first-order valence-corrected chi connectivity index (χ1v) is 8.79. The van der Waals surface area contributed by atoms with Crippen LogP contribution in [0.5, 0.6) is 0 Å². The zero-order valence-electron chi connectivity index (χ0n) is 13.8. The molecule has 0 aliphatic carbocycles. The zero-order valence-corrected chi connectivity index (χ0v) is 15.4. The van der Waals surface area contributed by atoms with Crippen molar-refractivity contribution in [2.75, 3.05) is 32.8 Å². The molecule has 2 heterocycles. The minimum Gasteiger partial charge on any atom is -0.450 e. The van der Waals surface area contributed by atoms with Crippen LogP contribution in [0.3, 0.4) is 0 Å². The van der Waals surface area contributed by atoms with Crippen molar-refractivity contribution >= 4 is 38.8 Å². The molecule has 7 heteroatoms. The van der Waals surface area contributed by atoms with Gasteiger partial charge in [-0.1, -0.05) is 15.9 Å². The second-order valence-corrected chi connectivity index (χ2v) is 6.71. The van der Waals surface area contributed by atoms with Gasteiger partial charge in [-0.15, -0.1) is 0 Å². The van der Waals surface area contributed by atoms with Crippen LogP contribution in [0, 0.1) is 6.92 Å². The SMILES string of the molecule is CCOC(=O)N1CCN(C(=O)c2[nH]c3ccc(Br)cc3c2C)CC1. The Morgan fingerprint density at radius 1 is 1.21 bits per heavy atom. The molecule has 1 aromatic carbocycles. The summed E-state index contributed by atoms with van der Waals surface area (Å²) in [6, 6.07) is 5.92. The van der Waals surface area contributed by atoms with E-state index >= 15 is 0 Å². The summed E-state index contributed by atoms with van der Waals surface area (Å²) in [5, 5.41) is 1.04. The highest BCUT2D eigenvalue weighted by molar-refractivity contribution is 9.10. The van der Waals surface area contributed by atoms with Gasteiger partial charge in [-0.05, 0) is 37.6 Å². The summed E-state index contributed by atoms with van der Waals surface area (Å²) in [7, 11) is 0. The van der Waals surface area contributed by atoms with Gasteiger partial charge in [-0.2, -0.15) is 0 Å². The van der Waals surface area contributed by atoms with Crippen molar-refractivity contribution in [2.45, 2.75) is 13.8 Å². The maximum atomic E-state index is 12.8. The summed E-state index contributed by atoms with van der Waals surface area (Å²) in [4.78, 5) is 31.2. The first-order chi connectivity index (χ1) is 11.5. The van der Waals surface area contributed by atoms with Gasteiger partial charge in [0.1, 0.15) is 5.69 Å². The minimum absolute atomic E-state index is 0.0247. The van der Waals surface area contributed by atoms with Gasteiger partial charge in [0.25, 0.3) is 5.91 Å². The summed E-state index contributed by atoms with van der Waals surface area (Å²) >= 11 is 3.46. The highest BCUT2D eigenvalue weighted by Crippen LogP contribution is 2.26. The number of aromatic amines is 1. The Morgan fingerprint density at radius 2 is 1.88 bits per heavy atom. The Kier molecular flexibility index (Phi) is 4.80. The Morgan fingerprint density at radius 3 is 2.54 bits per heavy atom. The molecule has 1 N–H and O–H groups in total. The average molecular weight is 394 g/mol. The Bertz CT molecular complexity index is 779. The van der Waals surface area contributed by atoms with E-state index in [0.717, 1.165) is 20.9 Å². The molecule has 0 unspecified atom stereocenters. The quantitative estimate of drug-likeness (QED) is 0.851. The van der Waals surface area contributed by atoms with Gasteiger partial charge < -0.3 is 19.5 Å². The van der Waals surface area contributed by atoms with Gasteiger partial charge in [0, 0.05) is 41.6 Å². The number of carbonyl (C=O) groups is 2. The lowest BCUT2D eigenvalue weighted by Crippen LogP contribution is -2.50. The maximum absolute atomic E-state index is 12.8. The maximum Gasteiger partial charge on any atom is 0.409 e. The van der Waals surface area contributed by atoms with Crippen molar-refractivity contribution in [2.24, 2.45) is 0 Å². The second-order valence-electron chi connectivity index (χ2n) is 5.79. The Labute approximate surface area is 148 Å². The molecule has 1 aromatic heterocycles. The fourth-order valence-corrected chi connectivity index (χ4v) is 3.34. The van der Waals surface area contributed by atoms with Gasteiger partial charge >= 0.3 is 6.09 Å². The number of carbonyl (C=O) groups excluding carboxylic acids is 2. The number of amides is 2. The van der Waals surface area contributed by atoms with Crippen LogP contribution >= 0.6 is 15.9 Å². The monoisotopic (exact) mass is 393 g/mol. The first kappa shape index (κ1) is 16.8. The summed E-state index contributed by atoms with van der Waals surface area (Å²) in [6.45, 7) is 6.11. The second kappa shape index (κ2) is 6.84. The number of nitrogens with zero attached hydrogens (tertiary/aromatic N) is 2. The molecule has 128 valence electrons. The lowest BCUT2D eigenvalue weighted by atomic mass is 10.1. The molecule has 0 saturated carbocycles. The third kappa shape index (κ3) is 3.13. The van der Waals surface area contributed by atoms with Crippen molar-refractivity contribution < 1.29 is 14.3 Å². The van der Waals surface area contributed by atoms with E-state index in [9.17, 15) is 9.59 Å². The van der Waals surface area contributed by atoms with E-state index in [-0.39, 0.29) is 12.0 Å². The predicted octanol–water partition coefficient (Wildman–Crippen LogP) is 3.15. The number of benzene rings is 1. The van der Waals surface area contributed by atoms with Crippen LogP contribution in [0.2, 0.25) is 0 Å². The molecule has 0 atom stereocenters. The molecule has 1 aliphatic rings. The standard InChI is InChI=1S/C17H20BrN3O3/c1-3-24-17(23)21-8-6-20(7-9-21)16(22)15-11(2)13-10-12(18)4-5-14(13)19-15/h4-5,10,19H,3,6-9H2,1-2H3. The van der Waals surface area contributed by atoms with Crippen LogP contribution in [0.1, 0.15) is 23.0 Å². The molecule has 1 aliphatic heterocycles. The number of ether oxygens (including phenoxy) is 1. The predicted molar refractivity (Wildman–Crippen MR) is 95.2 cm³/mol. The molecule has 2 aromatic rings. The average Bonchev–Trinajstić information content (AvgIpc) is 2.91. The van der Waals surface area contributed by atoms with Crippen molar-refractivity contribution in [3.8, 4) is 0 Å². The van der Waals surface area contributed by atoms with E-state index in [4.69, 9.17) is 4.74 Å². The highest BCUT2D eigenvalue weighted by atomic mass is 79.9. The van der Waals surface area contributed by atoms with Crippen LogP contribution in [0.25, 0.3) is 10.9 Å². The zero-order chi connectivity index (χ0) is 17.3. The van der Waals surface area contributed by atoms with Gasteiger partial charge in [-0.25, -0.2) is 4.79 Å². The number of fused-ring (bicyclic) bond motifs is 1. The molecule has 0 bridgehead atoms. The van der Waals surface area contributed by atoms with Crippen LogP contribution < -0.4 is 0 Å². The molecular formula is C17H20BrN3O3. The first-order valence-electron chi connectivity index (χ1n) is 8.00. The molecule has 0 spiro atoms. The summed E-state index contributed by atoms with van der Waals surface area (Å²) < 4.78 is 5.99. The number of aryl methyl sites for hydroxylation is 1. The fraction of sp³-hybridized carbons (Fsp3) is 0.412. The van der Waals surface area contributed by atoms with Crippen molar-refractivity contribution in [3.63, 3.8) is 0 Å². The van der Waals surface area contributed by atoms with Gasteiger partial charge in [0.15, 0.2) is 0 Å². The van der Waals surface area contributed by atoms with E-state index in [1.807, 2.05) is 25.1 Å². The molecular weight excluding hydrogens is 374 g/mol. The molecule has 0 radical (unpaired) electrons. The number of piperazine rings is 1. The van der Waals surface area contributed by atoms with E-state index in [0.29, 0.717) is 38.5 Å². The number of rotatable bonds is 2.